The summed E-state index contributed by atoms with van der Waals surface area (Å²) in [7, 11) is 0. The van der Waals surface area contributed by atoms with Crippen LogP contribution < -0.4 is 5.32 Å². The molecule has 0 fully saturated rings. The molecule has 14 heavy (non-hydrogen) atoms. The first-order valence-corrected chi connectivity index (χ1v) is 4.86. The highest BCUT2D eigenvalue weighted by atomic mass is 32.1. The molecule has 0 saturated carbocycles. The van der Waals surface area contributed by atoms with Crippen LogP contribution in [0, 0.1) is 5.92 Å². The van der Waals surface area contributed by atoms with Gasteiger partial charge in [-0.1, -0.05) is 13.8 Å². The van der Waals surface area contributed by atoms with Gasteiger partial charge < -0.3 is 10.4 Å². The van der Waals surface area contributed by atoms with E-state index in [-0.39, 0.29) is 11.8 Å². The first-order chi connectivity index (χ1) is 6.16. The maximum Gasteiger partial charge on any atom is 0.327 e. The standard InChI is InChI=1S/C9H17NO3S/c1-5(2)7(11)10-6(8(12)13)9(3,4)14/h5-6,14H,1-4H3,(H,10,11)(H,12,13). The van der Waals surface area contributed by atoms with E-state index in [4.69, 9.17) is 5.11 Å². The lowest BCUT2D eigenvalue weighted by molar-refractivity contribution is -0.143. The summed E-state index contributed by atoms with van der Waals surface area (Å²) in [6.45, 7) is 6.71. The smallest absolute Gasteiger partial charge is 0.327 e. The summed E-state index contributed by atoms with van der Waals surface area (Å²) in [6, 6.07) is -0.972. The van der Waals surface area contributed by atoms with E-state index in [1.54, 1.807) is 27.7 Å². The highest BCUT2D eigenvalue weighted by molar-refractivity contribution is 7.81. The Morgan fingerprint density at radius 3 is 2.00 bits per heavy atom. The normalized spacial score (nSPS) is 13.9. The molecule has 0 aromatic heterocycles. The van der Waals surface area contributed by atoms with Crippen molar-refractivity contribution in [3.05, 3.63) is 0 Å². The van der Waals surface area contributed by atoms with E-state index in [1.807, 2.05) is 0 Å². The summed E-state index contributed by atoms with van der Waals surface area (Å²) in [5, 5.41) is 11.3. The molecule has 0 heterocycles. The largest absolute Gasteiger partial charge is 0.480 e. The highest BCUT2D eigenvalue weighted by Crippen LogP contribution is 2.18. The summed E-state index contributed by atoms with van der Waals surface area (Å²) in [5.41, 5.74) is 0. The van der Waals surface area contributed by atoms with Crippen molar-refractivity contribution >= 4 is 24.5 Å². The number of aliphatic carboxylic acids is 1. The topological polar surface area (TPSA) is 66.4 Å². The number of carboxylic acid groups (broad SMARTS) is 1. The van der Waals surface area contributed by atoms with Crippen LogP contribution in [-0.2, 0) is 9.59 Å². The number of hydrogen-bond donors (Lipinski definition) is 3. The van der Waals surface area contributed by atoms with Crippen molar-refractivity contribution in [1.82, 2.24) is 5.32 Å². The monoisotopic (exact) mass is 219 g/mol. The molecule has 82 valence electrons. The Balaban J connectivity index is 4.56. The van der Waals surface area contributed by atoms with E-state index in [9.17, 15) is 9.59 Å². The van der Waals surface area contributed by atoms with Crippen LogP contribution in [0.2, 0.25) is 0 Å². The van der Waals surface area contributed by atoms with Gasteiger partial charge in [0.1, 0.15) is 6.04 Å². The fraction of sp³-hybridized carbons (Fsp3) is 0.778. The Labute approximate surface area is 89.5 Å². The van der Waals surface area contributed by atoms with Crippen molar-refractivity contribution in [2.75, 3.05) is 0 Å². The average molecular weight is 219 g/mol. The molecule has 0 saturated heterocycles. The van der Waals surface area contributed by atoms with Crippen molar-refractivity contribution in [3.63, 3.8) is 0 Å². The number of rotatable bonds is 4. The van der Waals surface area contributed by atoms with E-state index in [1.165, 1.54) is 0 Å². The molecule has 0 bridgehead atoms. The van der Waals surface area contributed by atoms with Gasteiger partial charge in [-0.2, -0.15) is 12.6 Å². The fourth-order valence-electron chi connectivity index (χ4n) is 0.849. The first kappa shape index (κ1) is 13.3. The molecule has 4 nitrogen and oxygen atoms in total. The molecule has 0 aliphatic heterocycles. The van der Waals surface area contributed by atoms with E-state index in [2.05, 4.69) is 17.9 Å². The molecule has 0 radical (unpaired) electrons. The van der Waals surface area contributed by atoms with Crippen LogP contribution in [0.5, 0.6) is 0 Å². The Morgan fingerprint density at radius 1 is 1.36 bits per heavy atom. The Kier molecular flexibility index (Phi) is 4.45. The van der Waals surface area contributed by atoms with Crippen LogP contribution in [0.4, 0.5) is 0 Å². The minimum atomic E-state index is -1.07. The second kappa shape index (κ2) is 4.68. The summed E-state index contributed by atoms with van der Waals surface area (Å²) in [5.74, 6) is -1.58. The molecule has 0 rings (SSSR count). The molecular weight excluding hydrogens is 202 g/mol. The van der Waals surface area contributed by atoms with Crippen molar-refractivity contribution in [3.8, 4) is 0 Å². The van der Waals surface area contributed by atoms with Gasteiger partial charge >= 0.3 is 5.97 Å². The molecule has 1 atom stereocenters. The molecule has 0 aromatic rings. The Hall–Kier alpha value is -0.710. The van der Waals surface area contributed by atoms with Gasteiger partial charge in [0, 0.05) is 10.7 Å². The van der Waals surface area contributed by atoms with Gasteiger partial charge in [-0.3, -0.25) is 4.79 Å². The minimum Gasteiger partial charge on any atom is -0.480 e. The molecule has 0 spiro atoms. The molecule has 0 aliphatic rings. The van der Waals surface area contributed by atoms with Gasteiger partial charge in [0.2, 0.25) is 5.91 Å². The highest BCUT2D eigenvalue weighted by Gasteiger charge is 2.33. The second-order valence-electron chi connectivity index (χ2n) is 4.09. The molecule has 0 aromatic carbocycles. The SMILES string of the molecule is CC(C)C(=O)NC(C(=O)O)C(C)(C)S. The van der Waals surface area contributed by atoms with Crippen molar-refractivity contribution in [2.24, 2.45) is 5.92 Å². The molecule has 1 amide bonds. The number of carboxylic acids is 1. The molecule has 5 heteroatoms. The summed E-state index contributed by atoms with van der Waals surface area (Å²) in [6.07, 6.45) is 0. The maximum atomic E-state index is 11.3. The van der Waals surface area contributed by atoms with Gasteiger partial charge in [-0.15, -0.1) is 0 Å². The number of hydrogen-bond acceptors (Lipinski definition) is 3. The van der Waals surface area contributed by atoms with E-state index in [0.717, 1.165) is 0 Å². The first-order valence-electron chi connectivity index (χ1n) is 4.41. The zero-order valence-electron chi connectivity index (χ0n) is 8.87. The molecule has 2 N–H and O–H groups in total. The second-order valence-corrected chi connectivity index (χ2v) is 5.24. The van der Waals surface area contributed by atoms with Crippen LogP contribution in [0.1, 0.15) is 27.7 Å². The van der Waals surface area contributed by atoms with Crippen LogP contribution in [0.3, 0.4) is 0 Å². The third kappa shape index (κ3) is 4.00. The number of carbonyl (C=O) groups is 2. The number of amides is 1. The third-order valence-electron chi connectivity index (χ3n) is 1.76. The maximum absolute atomic E-state index is 11.3. The van der Waals surface area contributed by atoms with Crippen LogP contribution >= 0.6 is 12.6 Å². The predicted molar refractivity (Wildman–Crippen MR) is 57.5 cm³/mol. The van der Waals surface area contributed by atoms with Crippen molar-refractivity contribution in [1.29, 1.82) is 0 Å². The zero-order valence-corrected chi connectivity index (χ0v) is 9.76. The van der Waals surface area contributed by atoms with Crippen LogP contribution in [-0.4, -0.2) is 27.8 Å². The quantitative estimate of drug-likeness (QED) is 0.616. The summed E-state index contributed by atoms with van der Waals surface area (Å²) in [4.78, 5) is 22.1. The summed E-state index contributed by atoms with van der Waals surface area (Å²) < 4.78 is -0.781. The van der Waals surface area contributed by atoms with Gasteiger partial charge in [0.15, 0.2) is 0 Å². The average Bonchev–Trinajstić information content (AvgIpc) is 1.96. The van der Waals surface area contributed by atoms with Crippen molar-refractivity contribution < 1.29 is 14.7 Å². The number of carbonyl (C=O) groups excluding carboxylic acids is 1. The molecule has 0 aliphatic carbocycles. The van der Waals surface area contributed by atoms with E-state index >= 15 is 0 Å². The number of nitrogens with one attached hydrogen (secondary N) is 1. The minimum absolute atomic E-state index is 0.229. The molecular formula is C9H17NO3S. The predicted octanol–water partition coefficient (Wildman–Crippen LogP) is 0.920. The Morgan fingerprint density at radius 2 is 1.79 bits per heavy atom. The van der Waals surface area contributed by atoms with E-state index < -0.39 is 16.8 Å². The van der Waals surface area contributed by atoms with Crippen LogP contribution in [0.25, 0.3) is 0 Å². The van der Waals surface area contributed by atoms with Gasteiger partial charge in [0.05, 0.1) is 0 Å². The van der Waals surface area contributed by atoms with Crippen molar-refractivity contribution in [2.45, 2.75) is 38.5 Å². The lowest BCUT2D eigenvalue weighted by Gasteiger charge is -2.27. The fourth-order valence-corrected chi connectivity index (χ4v) is 1.02. The third-order valence-corrected chi connectivity index (χ3v) is 2.02. The van der Waals surface area contributed by atoms with Gasteiger partial charge in [-0.25, -0.2) is 4.79 Å². The van der Waals surface area contributed by atoms with E-state index in [0.29, 0.717) is 0 Å². The number of thiol groups is 1. The Bertz CT molecular complexity index is 233. The zero-order chi connectivity index (χ0) is 11.5. The van der Waals surface area contributed by atoms with Gasteiger partial charge in [-0.05, 0) is 13.8 Å². The lowest BCUT2D eigenvalue weighted by atomic mass is 10.0. The molecule has 1 unspecified atom stereocenters. The summed E-state index contributed by atoms with van der Waals surface area (Å²) >= 11 is 4.14. The lowest BCUT2D eigenvalue weighted by Crippen LogP contribution is -2.52. The van der Waals surface area contributed by atoms with Gasteiger partial charge in [0.25, 0.3) is 0 Å². The van der Waals surface area contributed by atoms with Crippen LogP contribution in [0.15, 0.2) is 0 Å².